The molecule has 0 aliphatic heterocycles. The van der Waals surface area contributed by atoms with Crippen LogP contribution in [0.15, 0.2) is 0 Å². The lowest BCUT2D eigenvalue weighted by Gasteiger charge is -2.24. The van der Waals surface area contributed by atoms with Crippen LogP contribution in [0, 0.1) is 5.92 Å². The standard InChI is InChI=1S/C15H29NO3/c1-4-6-7-12(5-2)11-19-13-8-9-15(10-13,16-3)14(17)18/h12-13,16H,4-11H2,1-3H3,(H,17,18). The molecule has 0 aromatic rings. The van der Waals surface area contributed by atoms with E-state index in [0.717, 1.165) is 19.4 Å². The van der Waals surface area contributed by atoms with Crippen molar-refractivity contribution in [2.45, 2.75) is 70.4 Å². The van der Waals surface area contributed by atoms with Crippen LogP contribution in [0.4, 0.5) is 0 Å². The fourth-order valence-corrected chi connectivity index (χ4v) is 2.84. The first kappa shape index (κ1) is 16.4. The van der Waals surface area contributed by atoms with E-state index < -0.39 is 11.5 Å². The topological polar surface area (TPSA) is 58.6 Å². The minimum Gasteiger partial charge on any atom is -0.480 e. The number of ether oxygens (including phenoxy) is 1. The number of likely N-dealkylation sites (N-methyl/N-ethyl adjacent to an activating group) is 1. The summed E-state index contributed by atoms with van der Waals surface area (Å²) in [5, 5.41) is 12.3. The van der Waals surface area contributed by atoms with E-state index in [1.165, 1.54) is 19.3 Å². The molecule has 1 saturated carbocycles. The number of carboxylic acids is 1. The second-order valence-corrected chi connectivity index (χ2v) is 5.75. The zero-order chi connectivity index (χ0) is 14.3. The molecule has 4 nitrogen and oxygen atoms in total. The normalized spacial score (nSPS) is 28.5. The third kappa shape index (κ3) is 4.46. The van der Waals surface area contributed by atoms with E-state index in [1.54, 1.807) is 7.05 Å². The van der Waals surface area contributed by atoms with Crippen LogP contribution in [-0.4, -0.2) is 36.4 Å². The molecule has 0 spiro atoms. The van der Waals surface area contributed by atoms with Crippen molar-refractivity contribution in [3.63, 3.8) is 0 Å². The average molecular weight is 271 g/mol. The van der Waals surface area contributed by atoms with Crippen molar-refractivity contribution in [2.75, 3.05) is 13.7 Å². The molecule has 0 aromatic heterocycles. The maximum atomic E-state index is 11.3. The highest BCUT2D eigenvalue weighted by atomic mass is 16.5. The molecule has 0 aromatic carbocycles. The summed E-state index contributed by atoms with van der Waals surface area (Å²) in [6.07, 6.45) is 7.03. The number of nitrogens with one attached hydrogen (secondary N) is 1. The summed E-state index contributed by atoms with van der Waals surface area (Å²) in [6.45, 7) is 5.19. The monoisotopic (exact) mass is 271 g/mol. The van der Waals surface area contributed by atoms with Crippen LogP contribution in [0.1, 0.15) is 58.8 Å². The van der Waals surface area contributed by atoms with Gasteiger partial charge in [0, 0.05) is 13.0 Å². The SMILES string of the molecule is CCCCC(CC)COC1CCC(NC)(C(=O)O)C1. The number of hydrogen-bond donors (Lipinski definition) is 2. The van der Waals surface area contributed by atoms with Gasteiger partial charge in [-0.3, -0.25) is 4.79 Å². The molecule has 0 bridgehead atoms. The molecule has 3 atom stereocenters. The third-order valence-corrected chi connectivity index (χ3v) is 4.47. The summed E-state index contributed by atoms with van der Waals surface area (Å²) < 4.78 is 5.96. The van der Waals surface area contributed by atoms with Gasteiger partial charge in [-0.15, -0.1) is 0 Å². The Morgan fingerprint density at radius 2 is 2.26 bits per heavy atom. The van der Waals surface area contributed by atoms with Crippen LogP contribution in [-0.2, 0) is 9.53 Å². The molecule has 1 rings (SSSR count). The van der Waals surface area contributed by atoms with Crippen molar-refractivity contribution < 1.29 is 14.6 Å². The molecule has 4 heteroatoms. The average Bonchev–Trinajstić information content (AvgIpc) is 2.84. The third-order valence-electron chi connectivity index (χ3n) is 4.47. The van der Waals surface area contributed by atoms with Gasteiger partial charge in [-0.25, -0.2) is 0 Å². The van der Waals surface area contributed by atoms with Gasteiger partial charge in [-0.2, -0.15) is 0 Å². The van der Waals surface area contributed by atoms with Gasteiger partial charge in [0.2, 0.25) is 0 Å². The minimum absolute atomic E-state index is 0.0965. The Kier molecular flexibility index (Phi) is 6.80. The molecule has 0 amide bonds. The molecule has 0 heterocycles. The summed E-state index contributed by atoms with van der Waals surface area (Å²) in [4.78, 5) is 11.3. The van der Waals surface area contributed by atoms with Crippen molar-refractivity contribution in [3.8, 4) is 0 Å². The number of carboxylic acid groups (broad SMARTS) is 1. The number of unbranched alkanes of at least 4 members (excludes halogenated alkanes) is 1. The Morgan fingerprint density at radius 3 is 2.74 bits per heavy atom. The Bertz CT molecular complexity index is 283. The van der Waals surface area contributed by atoms with Crippen LogP contribution >= 0.6 is 0 Å². The molecule has 0 radical (unpaired) electrons. The molecule has 2 N–H and O–H groups in total. The molecular weight excluding hydrogens is 242 g/mol. The molecule has 0 saturated heterocycles. The number of aliphatic carboxylic acids is 1. The van der Waals surface area contributed by atoms with Crippen molar-refractivity contribution >= 4 is 5.97 Å². The first-order valence-electron chi connectivity index (χ1n) is 7.61. The van der Waals surface area contributed by atoms with Gasteiger partial charge < -0.3 is 15.2 Å². The zero-order valence-corrected chi connectivity index (χ0v) is 12.6. The second-order valence-electron chi connectivity index (χ2n) is 5.75. The van der Waals surface area contributed by atoms with Crippen molar-refractivity contribution in [3.05, 3.63) is 0 Å². The van der Waals surface area contributed by atoms with Crippen LogP contribution < -0.4 is 5.32 Å². The lowest BCUT2D eigenvalue weighted by atomic mass is 9.98. The van der Waals surface area contributed by atoms with E-state index in [9.17, 15) is 9.90 Å². The van der Waals surface area contributed by atoms with Gasteiger partial charge in [0.05, 0.1) is 6.10 Å². The van der Waals surface area contributed by atoms with E-state index in [4.69, 9.17) is 4.74 Å². The van der Waals surface area contributed by atoms with Gasteiger partial charge in [0.15, 0.2) is 0 Å². The van der Waals surface area contributed by atoms with Crippen LogP contribution in [0.2, 0.25) is 0 Å². The van der Waals surface area contributed by atoms with Gasteiger partial charge in [0.1, 0.15) is 5.54 Å². The van der Waals surface area contributed by atoms with Crippen molar-refractivity contribution in [1.29, 1.82) is 0 Å². The van der Waals surface area contributed by atoms with E-state index in [-0.39, 0.29) is 6.10 Å². The Hall–Kier alpha value is -0.610. The second kappa shape index (κ2) is 7.85. The minimum atomic E-state index is -0.768. The molecule has 1 aliphatic carbocycles. The highest BCUT2D eigenvalue weighted by Crippen LogP contribution is 2.32. The summed E-state index contributed by atoms with van der Waals surface area (Å²) in [5.41, 5.74) is -0.768. The quantitative estimate of drug-likeness (QED) is 0.677. The zero-order valence-electron chi connectivity index (χ0n) is 12.6. The fourth-order valence-electron chi connectivity index (χ4n) is 2.84. The summed E-state index contributed by atoms with van der Waals surface area (Å²) in [5.74, 6) is -0.131. The van der Waals surface area contributed by atoms with Crippen LogP contribution in [0.3, 0.4) is 0 Å². The molecule has 19 heavy (non-hydrogen) atoms. The number of carbonyl (C=O) groups is 1. The lowest BCUT2D eigenvalue weighted by Crippen LogP contribution is -2.48. The predicted octanol–water partition coefficient (Wildman–Crippen LogP) is 2.81. The highest BCUT2D eigenvalue weighted by molar-refractivity contribution is 5.79. The molecular formula is C15H29NO3. The Morgan fingerprint density at radius 1 is 1.53 bits per heavy atom. The first-order chi connectivity index (χ1) is 9.07. The van der Waals surface area contributed by atoms with Gasteiger partial charge in [-0.1, -0.05) is 33.1 Å². The maximum Gasteiger partial charge on any atom is 0.323 e. The van der Waals surface area contributed by atoms with Gasteiger partial charge >= 0.3 is 5.97 Å². The lowest BCUT2D eigenvalue weighted by molar-refractivity contribution is -0.144. The van der Waals surface area contributed by atoms with Crippen molar-refractivity contribution in [1.82, 2.24) is 5.32 Å². The molecule has 1 aliphatic rings. The summed E-state index contributed by atoms with van der Waals surface area (Å²) >= 11 is 0. The smallest absolute Gasteiger partial charge is 0.323 e. The summed E-state index contributed by atoms with van der Waals surface area (Å²) in [7, 11) is 1.73. The molecule has 3 unspecified atom stereocenters. The maximum absolute atomic E-state index is 11.3. The van der Waals surface area contributed by atoms with Gasteiger partial charge in [-0.05, 0) is 32.2 Å². The van der Waals surface area contributed by atoms with E-state index in [2.05, 4.69) is 19.2 Å². The highest BCUT2D eigenvalue weighted by Gasteiger charge is 2.44. The molecule has 112 valence electrons. The Balaban J connectivity index is 2.37. The van der Waals surface area contributed by atoms with Crippen LogP contribution in [0.5, 0.6) is 0 Å². The largest absolute Gasteiger partial charge is 0.480 e. The van der Waals surface area contributed by atoms with Crippen molar-refractivity contribution in [2.24, 2.45) is 5.92 Å². The number of rotatable bonds is 9. The van der Waals surface area contributed by atoms with E-state index in [0.29, 0.717) is 18.8 Å². The summed E-state index contributed by atoms with van der Waals surface area (Å²) in [6, 6.07) is 0. The Labute approximate surface area is 116 Å². The van der Waals surface area contributed by atoms with E-state index >= 15 is 0 Å². The first-order valence-corrected chi connectivity index (χ1v) is 7.61. The predicted molar refractivity (Wildman–Crippen MR) is 76.3 cm³/mol. The van der Waals surface area contributed by atoms with Crippen LogP contribution in [0.25, 0.3) is 0 Å². The van der Waals surface area contributed by atoms with Gasteiger partial charge in [0.25, 0.3) is 0 Å². The molecule has 1 fully saturated rings. The van der Waals surface area contributed by atoms with E-state index in [1.807, 2.05) is 0 Å². The number of hydrogen-bond acceptors (Lipinski definition) is 3. The fraction of sp³-hybridized carbons (Fsp3) is 0.933.